The lowest BCUT2D eigenvalue weighted by Crippen LogP contribution is -1.99. The molecule has 6 heteroatoms. The standard InChI is InChI=1S/C13H13ClIN3O/c1-2-19-12-4-3-11(5-9(12)6-14)18-13-16-7-10(15)8-17-13/h3-5,7-8H,2,6H2,1H3,(H,16,17,18). The number of nitrogens with one attached hydrogen (secondary N) is 1. The number of halogens is 2. The third kappa shape index (κ3) is 3.94. The van der Waals surface area contributed by atoms with E-state index in [-0.39, 0.29) is 0 Å². The summed E-state index contributed by atoms with van der Waals surface area (Å²) in [6, 6.07) is 5.76. The Balaban J connectivity index is 2.18. The average molecular weight is 390 g/mol. The van der Waals surface area contributed by atoms with Crippen LogP contribution < -0.4 is 10.1 Å². The van der Waals surface area contributed by atoms with Gasteiger partial charge in [-0.05, 0) is 47.7 Å². The van der Waals surface area contributed by atoms with E-state index in [1.807, 2.05) is 25.1 Å². The summed E-state index contributed by atoms with van der Waals surface area (Å²) < 4.78 is 6.50. The van der Waals surface area contributed by atoms with Crippen LogP contribution >= 0.6 is 34.2 Å². The monoisotopic (exact) mass is 389 g/mol. The van der Waals surface area contributed by atoms with Crippen LogP contribution in [0.2, 0.25) is 0 Å². The summed E-state index contributed by atoms with van der Waals surface area (Å²) in [7, 11) is 0. The molecular weight excluding hydrogens is 377 g/mol. The Morgan fingerprint density at radius 3 is 2.68 bits per heavy atom. The fourth-order valence-electron chi connectivity index (χ4n) is 1.56. The second kappa shape index (κ2) is 6.91. The molecule has 0 radical (unpaired) electrons. The molecule has 0 atom stereocenters. The maximum Gasteiger partial charge on any atom is 0.227 e. The zero-order valence-electron chi connectivity index (χ0n) is 10.4. The first-order chi connectivity index (χ1) is 9.22. The molecule has 0 saturated carbocycles. The number of alkyl halides is 1. The topological polar surface area (TPSA) is 47.0 Å². The predicted molar refractivity (Wildman–Crippen MR) is 85.2 cm³/mol. The summed E-state index contributed by atoms with van der Waals surface area (Å²) in [5.41, 5.74) is 1.83. The highest BCUT2D eigenvalue weighted by Crippen LogP contribution is 2.25. The van der Waals surface area contributed by atoms with Gasteiger partial charge in [0.2, 0.25) is 5.95 Å². The highest BCUT2D eigenvalue weighted by Gasteiger charge is 2.05. The van der Waals surface area contributed by atoms with Gasteiger partial charge >= 0.3 is 0 Å². The van der Waals surface area contributed by atoms with Crippen molar-refractivity contribution in [3.05, 3.63) is 39.7 Å². The van der Waals surface area contributed by atoms with Gasteiger partial charge in [0, 0.05) is 27.2 Å². The Labute approximate surface area is 130 Å². The first-order valence-corrected chi connectivity index (χ1v) is 7.40. The van der Waals surface area contributed by atoms with Crippen molar-refractivity contribution in [2.24, 2.45) is 0 Å². The van der Waals surface area contributed by atoms with Crippen molar-refractivity contribution in [1.82, 2.24) is 9.97 Å². The van der Waals surface area contributed by atoms with Crippen molar-refractivity contribution < 1.29 is 4.74 Å². The maximum absolute atomic E-state index is 5.92. The van der Waals surface area contributed by atoms with Gasteiger partial charge in [-0.1, -0.05) is 0 Å². The number of hydrogen-bond donors (Lipinski definition) is 1. The Kier molecular flexibility index (Phi) is 5.21. The van der Waals surface area contributed by atoms with Gasteiger partial charge in [-0.25, -0.2) is 9.97 Å². The molecule has 0 bridgehead atoms. The van der Waals surface area contributed by atoms with Crippen molar-refractivity contribution in [2.75, 3.05) is 11.9 Å². The van der Waals surface area contributed by atoms with Crippen molar-refractivity contribution in [2.45, 2.75) is 12.8 Å². The van der Waals surface area contributed by atoms with Gasteiger partial charge in [0.15, 0.2) is 0 Å². The molecular formula is C13H13ClIN3O. The summed E-state index contributed by atoms with van der Waals surface area (Å²) in [5, 5.41) is 3.14. The molecule has 1 heterocycles. The third-order valence-electron chi connectivity index (χ3n) is 2.38. The number of benzene rings is 1. The van der Waals surface area contributed by atoms with Crippen LogP contribution in [0.25, 0.3) is 0 Å². The molecule has 0 aliphatic rings. The number of ether oxygens (including phenoxy) is 1. The van der Waals surface area contributed by atoms with Gasteiger partial charge in [0.05, 0.1) is 12.5 Å². The van der Waals surface area contributed by atoms with Crippen LogP contribution in [0.3, 0.4) is 0 Å². The van der Waals surface area contributed by atoms with E-state index >= 15 is 0 Å². The van der Waals surface area contributed by atoms with Crippen LogP contribution in [0.4, 0.5) is 11.6 Å². The van der Waals surface area contributed by atoms with E-state index in [0.717, 1.165) is 20.6 Å². The first-order valence-electron chi connectivity index (χ1n) is 5.79. The summed E-state index contributed by atoms with van der Waals surface area (Å²) in [6.07, 6.45) is 3.51. The van der Waals surface area contributed by atoms with Crippen LogP contribution in [-0.2, 0) is 5.88 Å². The molecule has 0 spiro atoms. The minimum Gasteiger partial charge on any atom is -0.494 e. The van der Waals surface area contributed by atoms with Crippen LogP contribution in [0, 0.1) is 3.57 Å². The molecule has 0 aliphatic heterocycles. The first kappa shape index (κ1) is 14.3. The predicted octanol–water partition coefficient (Wildman–Crippen LogP) is 3.96. The lowest BCUT2D eigenvalue weighted by atomic mass is 10.2. The van der Waals surface area contributed by atoms with Crippen molar-refractivity contribution in [3.8, 4) is 5.75 Å². The van der Waals surface area contributed by atoms with Crippen LogP contribution in [0.15, 0.2) is 30.6 Å². The van der Waals surface area contributed by atoms with Gasteiger partial charge in [-0.15, -0.1) is 11.6 Å². The Hall–Kier alpha value is -1.08. The molecule has 1 N–H and O–H groups in total. The normalized spacial score (nSPS) is 10.3. The minimum absolute atomic E-state index is 0.401. The molecule has 2 rings (SSSR count). The zero-order chi connectivity index (χ0) is 13.7. The average Bonchev–Trinajstić information content (AvgIpc) is 2.43. The number of rotatable bonds is 5. The van der Waals surface area contributed by atoms with Gasteiger partial charge in [-0.3, -0.25) is 0 Å². The fourth-order valence-corrected chi connectivity index (χ4v) is 2.05. The quantitative estimate of drug-likeness (QED) is 0.621. The zero-order valence-corrected chi connectivity index (χ0v) is 13.3. The molecule has 0 aliphatic carbocycles. The molecule has 1 aromatic carbocycles. The van der Waals surface area contributed by atoms with Gasteiger partial charge < -0.3 is 10.1 Å². The number of aromatic nitrogens is 2. The molecule has 100 valence electrons. The SMILES string of the molecule is CCOc1ccc(Nc2ncc(I)cn2)cc1CCl. The number of anilines is 2. The van der Waals surface area contributed by atoms with E-state index in [2.05, 4.69) is 37.9 Å². The molecule has 19 heavy (non-hydrogen) atoms. The number of nitrogens with zero attached hydrogens (tertiary/aromatic N) is 2. The molecule has 1 aromatic heterocycles. The van der Waals surface area contributed by atoms with Crippen LogP contribution in [-0.4, -0.2) is 16.6 Å². The number of hydrogen-bond acceptors (Lipinski definition) is 4. The summed E-state index contributed by atoms with van der Waals surface area (Å²) in [6.45, 7) is 2.57. The smallest absolute Gasteiger partial charge is 0.227 e. The second-order valence-corrected chi connectivity index (χ2v) is 5.25. The van der Waals surface area contributed by atoms with Gasteiger partial charge in [-0.2, -0.15) is 0 Å². The highest BCUT2D eigenvalue weighted by atomic mass is 127. The largest absolute Gasteiger partial charge is 0.494 e. The maximum atomic E-state index is 5.92. The summed E-state index contributed by atoms with van der Waals surface area (Å²) in [4.78, 5) is 8.39. The van der Waals surface area contributed by atoms with Gasteiger partial charge in [0.1, 0.15) is 5.75 Å². The summed E-state index contributed by atoms with van der Waals surface area (Å²) in [5.74, 6) is 1.77. The summed E-state index contributed by atoms with van der Waals surface area (Å²) >= 11 is 8.09. The molecule has 0 unspecified atom stereocenters. The Morgan fingerprint density at radius 2 is 2.05 bits per heavy atom. The van der Waals surface area contributed by atoms with Crippen LogP contribution in [0.5, 0.6) is 5.75 Å². The minimum atomic E-state index is 0.401. The van der Waals surface area contributed by atoms with Crippen molar-refractivity contribution >= 4 is 45.8 Å². The van der Waals surface area contributed by atoms with E-state index in [1.54, 1.807) is 12.4 Å². The van der Waals surface area contributed by atoms with Gasteiger partial charge in [0.25, 0.3) is 0 Å². The van der Waals surface area contributed by atoms with E-state index in [1.165, 1.54) is 0 Å². The van der Waals surface area contributed by atoms with E-state index in [0.29, 0.717) is 18.4 Å². The highest BCUT2D eigenvalue weighted by molar-refractivity contribution is 14.1. The van der Waals surface area contributed by atoms with E-state index in [4.69, 9.17) is 16.3 Å². The second-order valence-electron chi connectivity index (χ2n) is 3.74. The lowest BCUT2D eigenvalue weighted by molar-refractivity contribution is 0.337. The lowest BCUT2D eigenvalue weighted by Gasteiger charge is -2.11. The fraction of sp³-hybridized carbons (Fsp3) is 0.231. The van der Waals surface area contributed by atoms with E-state index < -0.39 is 0 Å². The Morgan fingerprint density at radius 1 is 1.32 bits per heavy atom. The molecule has 0 amide bonds. The molecule has 2 aromatic rings. The Bertz CT molecular complexity index is 548. The van der Waals surface area contributed by atoms with E-state index in [9.17, 15) is 0 Å². The molecule has 4 nitrogen and oxygen atoms in total. The van der Waals surface area contributed by atoms with Crippen LogP contribution in [0.1, 0.15) is 12.5 Å². The molecule has 0 fully saturated rings. The van der Waals surface area contributed by atoms with Crippen molar-refractivity contribution in [3.63, 3.8) is 0 Å². The third-order valence-corrected chi connectivity index (χ3v) is 3.23. The van der Waals surface area contributed by atoms with Crippen molar-refractivity contribution in [1.29, 1.82) is 0 Å². The molecule has 0 saturated heterocycles.